The Labute approximate surface area is 151 Å². The van der Waals surface area contributed by atoms with Crippen LogP contribution in [0.1, 0.15) is 23.2 Å². The van der Waals surface area contributed by atoms with E-state index in [0.717, 1.165) is 0 Å². The van der Waals surface area contributed by atoms with Gasteiger partial charge in [-0.25, -0.2) is 0 Å². The van der Waals surface area contributed by atoms with E-state index in [4.69, 9.17) is 16.3 Å². The number of benzene rings is 1. The van der Waals surface area contributed by atoms with E-state index in [0.29, 0.717) is 48.9 Å². The van der Waals surface area contributed by atoms with Crippen molar-refractivity contribution in [3.05, 3.63) is 59.4 Å². The van der Waals surface area contributed by atoms with Gasteiger partial charge in [-0.1, -0.05) is 23.7 Å². The fourth-order valence-corrected chi connectivity index (χ4v) is 2.24. The fraction of sp³-hybridized carbons (Fsp3) is 0.278. The molecule has 2 amide bonds. The maximum absolute atomic E-state index is 11.8. The van der Waals surface area contributed by atoms with Crippen LogP contribution in [0.2, 0.25) is 5.02 Å². The van der Waals surface area contributed by atoms with Crippen LogP contribution >= 0.6 is 11.6 Å². The van der Waals surface area contributed by atoms with Gasteiger partial charge in [0.1, 0.15) is 5.75 Å². The molecule has 0 aliphatic carbocycles. The molecule has 1 aromatic heterocycles. The lowest BCUT2D eigenvalue weighted by atomic mass is 10.2. The first-order chi connectivity index (χ1) is 12.2. The van der Waals surface area contributed by atoms with E-state index in [1.807, 2.05) is 12.1 Å². The number of ether oxygens (including phenoxy) is 1. The highest BCUT2D eigenvalue weighted by Crippen LogP contribution is 2.23. The standard InChI is InChI=1S/C18H20ClN3O3/c19-15-4-1-2-5-16(15)25-13-3-6-17(23)21-11-12-22-18(24)14-7-9-20-10-8-14/h1-2,4-5,7-10H,3,6,11-13H2,(H,21,23)(H,22,24). The summed E-state index contributed by atoms with van der Waals surface area (Å²) in [5, 5.41) is 6.03. The molecule has 0 bridgehead atoms. The Morgan fingerprint density at radius 3 is 2.52 bits per heavy atom. The van der Waals surface area contributed by atoms with Crippen molar-refractivity contribution in [3.63, 3.8) is 0 Å². The van der Waals surface area contributed by atoms with Gasteiger partial charge in [-0.2, -0.15) is 0 Å². The van der Waals surface area contributed by atoms with Crippen molar-refractivity contribution in [2.24, 2.45) is 0 Å². The number of para-hydroxylation sites is 1. The molecule has 0 unspecified atom stereocenters. The van der Waals surface area contributed by atoms with E-state index in [1.54, 1.807) is 36.7 Å². The van der Waals surface area contributed by atoms with Crippen molar-refractivity contribution in [2.75, 3.05) is 19.7 Å². The topological polar surface area (TPSA) is 80.3 Å². The molecule has 0 radical (unpaired) electrons. The summed E-state index contributed by atoms with van der Waals surface area (Å²) in [5.41, 5.74) is 0.540. The zero-order valence-electron chi connectivity index (χ0n) is 13.7. The first-order valence-corrected chi connectivity index (χ1v) is 8.37. The van der Waals surface area contributed by atoms with Crippen LogP contribution in [0.15, 0.2) is 48.8 Å². The lowest BCUT2D eigenvalue weighted by Gasteiger charge is -2.09. The summed E-state index contributed by atoms with van der Waals surface area (Å²) in [6.45, 7) is 1.15. The molecular formula is C18H20ClN3O3. The lowest BCUT2D eigenvalue weighted by Crippen LogP contribution is -2.34. The number of nitrogens with zero attached hydrogens (tertiary/aromatic N) is 1. The molecule has 0 saturated carbocycles. The molecule has 2 rings (SSSR count). The van der Waals surface area contributed by atoms with Gasteiger partial charge in [0.15, 0.2) is 0 Å². The van der Waals surface area contributed by atoms with E-state index in [-0.39, 0.29) is 11.8 Å². The van der Waals surface area contributed by atoms with Crippen LogP contribution in [-0.2, 0) is 4.79 Å². The number of carbonyl (C=O) groups excluding carboxylic acids is 2. The normalized spacial score (nSPS) is 10.1. The average Bonchev–Trinajstić information content (AvgIpc) is 2.64. The predicted molar refractivity (Wildman–Crippen MR) is 95.8 cm³/mol. The van der Waals surface area contributed by atoms with Gasteiger partial charge in [-0.15, -0.1) is 0 Å². The number of nitrogens with one attached hydrogen (secondary N) is 2. The Morgan fingerprint density at radius 1 is 1.04 bits per heavy atom. The molecular weight excluding hydrogens is 342 g/mol. The second-order valence-electron chi connectivity index (χ2n) is 5.22. The van der Waals surface area contributed by atoms with Crippen LogP contribution in [0.3, 0.4) is 0 Å². The van der Waals surface area contributed by atoms with Gasteiger partial charge in [0.25, 0.3) is 5.91 Å². The van der Waals surface area contributed by atoms with Crippen molar-refractivity contribution < 1.29 is 14.3 Å². The van der Waals surface area contributed by atoms with Gasteiger partial charge in [-0.3, -0.25) is 14.6 Å². The summed E-state index contributed by atoms with van der Waals surface area (Å²) in [4.78, 5) is 27.4. The van der Waals surface area contributed by atoms with Crippen molar-refractivity contribution in [3.8, 4) is 5.75 Å². The van der Waals surface area contributed by atoms with Crippen LogP contribution < -0.4 is 15.4 Å². The van der Waals surface area contributed by atoms with Crippen molar-refractivity contribution >= 4 is 23.4 Å². The highest BCUT2D eigenvalue weighted by Gasteiger charge is 2.05. The summed E-state index contributed by atoms with van der Waals surface area (Å²) in [6, 6.07) is 10.5. The number of rotatable bonds is 9. The molecule has 0 saturated heterocycles. The molecule has 0 aliphatic rings. The first-order valence-electron chi connectivity index (χ1n) is 7.99. The second kappa shape index (κ2) is 10.3. The molecule has 2 N–H and O–H groups in total. The largest absolute Gasteiger partial charge is 0.492 e. The zero-order chi connectivity index (χ0) is 17.9. The summed E-state index contributed by atoms with van der Waals surface area (Å²) < 4.78 is 5.52. The Hall–Kier alpha value is -2.60. The number of hydrogen-bond acceptors (Lipinski definition) is 4. The SMILES string of the molecule is O=C(CCCOc1ccccc1Cl)NCCNC(=O)c1ccncc1. The van der Waals surface area contributed by atoms with Gasteiger partial charge >= 0.3 is 0 Å². The third kappa shape index (κ3) is 6.81. The van der Waals surface area contributed by atoms with Gasteiger partial charge in [0, 0.05) is 37.5 Å². The number of amides is 2. The molecule has 1 aromatic carbocycles. The molecule has 2 aromatic rings. The predicted octanol–water partition coefficient (Wildman–Crippen LogP) is 2.44. The van der Waals surface area contributed by atoms with Crippen LogP contribution in [-0.4, -0.2) is 36.5 Å². The van der Waals surface area contributed by atoms with E-state index >= 15 is 0 Å². The number of halogens is 1. The molecule has 132 valence electrons. The monoisotopic (exact) mass is 361 g/mol. The number of pyridine rings is 1. The molecule has 0 atom stereocenters. The Balaban J connectivity index is 1.54. The van der Waals surface area contributed by atoms with E-state index in [1.165, 1.54) is 0 Å². The minimum absolute atomic E-state index is 0.0825. The van der Waals surface area contributed by atoms with Crippen molar-refractivity contribution in [2.45, 2.75) is 12.8 Å². The Bertz CT molecular complexity index is 695. The number of carbonyl (C=O) groups is 2. The summed E-state index contributed by atoms with van der Waals surface area (Å²) >= 11 is 5.98. The minimum Gasteiger partial charge on any atom is -0.492 e. The smallest absolute Gasteiger partial charge is 0.251 e. The van der Waals surface area contributed by atoms with Crippen LogP contribution in [0, 0.1) is 0 Å². The quantitative estimate of drug-likeness (QED) is 0.672. The highest BCUT2D eigenvalue weighted by molar-refractivity contribution is 6.32. The molecule has 0 spiro atoms. The molecule has 7 heteroatoms. The maximum atomic E-state index is 11.8. The van der Waals surface area contributed by atoms with Crippen LogP contribution in [0.5, 0.6) is 5.75 Å². The summed E-state index contributed by atoms with van der Waals surface area (Å²) in [6.07, 6.45) is 4.05. The summed E-state index contributed by atoms with van der Waals surface area (Å²) in [5.74, 6) is 0.342. The first kappa shape index (κ1) is 18.7. The van der Waals surface area contributed by atoms with Crippen molar-refractivity contribution in [1.29, 1.82) is 0 Å². The summed E-state index contributed by atoms with van der Waals surface area (Å²) in [7, 11) is 0. The molecule has 6 nitrogen and oxygen atoms in total. The Kier molecular flexibility index (Phi) is 7.72. The number of aromatic nitrogens is 1. The molecule has 1 heterocycles. The van der Waals surface area contributed by atoms with E-state index < -0.39 is 0 Å². The maximum Gasteiger partial charge on any atom is 0.251 e. The molecule has 0 aliphatic heterocycles. The number of hydrogen-bond donors (Lipinski definition) is 2. The minimum atomic E-state index is -0.190. The van der Waals surface area contributed by atoms with Crippen LogP contribution in [0.4, 0.5) is 0 Å². The van der Waals surface area contributed by atoms with E-state index in [9.17, 15) is 9.59 Å². The average molecular weight is 362 g/mol. The fourth-order valence-electron chi connectivity index (χ4n) is 2.05. The third-order valence-corrected chi connectivity index (χ3v) is 3.63. The van der Waals surface area contributed by atoms with Gasteiger partial charge in [-0.05, 0) is 30.7 Å². The third-order valence-electron chi connectivity index (χ3n) is 3.32. The highest BCUT2D eigenvalue weighted by atomic mass is 35.5. The molecule has 0 fully saturated rings. The van der Waals surface area contributed by atoms with Gasteiger partial charge < -0.3 is 15.4 Å². The lowest BCUT2D eigenvalue weighted by molar-refractivity contribution is -0.121. The van der Waals surface area contributed by atoms with E-state index in [2.05, 4.69) is 15.6 Å². The van der Waals surface area contributed by atoms with Crippen molar-refractivity contribution in [1.82, 2.24) is 15.6 Å². The van der Waals surface area contributed by atoms with Gasteiger partial charge in [0.2, 0.25) is 5.91 Å². The van der Waals surface area contributed by atoms with Gasteiger partial charge in [0.05, 0.1) is 11.6 Å². The zero-order valence-corrected chi connectivity index (χ0v) is 14.5. The molecule has 25 heavy (non-hydrogen) atoms. The second-order valence-corrected chi connectivity index (χ2v) is 5.63. The van der Waals surface area contributed by atoms with Crippen LogP contribution in [0.25, 0.3) is 0 Å². The Morgan fingerprint density at radius 2 is 1.76 bits per heavy atom.